The number of ether oxygens (including phenoxy) is 2. The molecule has 1 saturated heterocycles. The van der Waals surface area contributed by atoms with Crippen molar-refractivity contribution in [2.24, 2.45) is 4.99 Å². The van der Waals surface area contributed by atoms with Crippen LogP contribution in [0, 0.1) is 0 Å². The van der Waals surface area contributed by atoms with E-state index in [1.54, 1.807) is 7.05 Å². The fourth-order valence-electron chi connectivity index (χ4n) is 2.84. The highest BCUT2D eigenvalue weighted by Gasteiger charge is 2.35. The maximum Gasteiger partial charge on any atom is 0.421 e. The van der Waals surface area contributed by atoms with E-state index in [0.29, 0.717) is 12.5 Å². The van der Waals surface area contributed by atoms with Gasteiger partial charge in [-0.05, 0) is 26.0 Å². The summed E-state index contributed by atoms with van der Waals surface area (Å²) in [5.74, 6) is 0.134. The highest BCUT2D eigenvalue weighted by Crippen LogP contribution is 2.34. The second-order valence-electron chi connectivity index (χ2n) is 6.97. The summed E-state index contributed by atoms with van der Waals surface area (Å²) >= 11 is 0. The quantitative estimate of drug-likeness (QED) is 0.411. The van der Waals surface area contributed by atoms with Gasteiger partial charge in [0.1, 0.15) is 12.2 Å². The van der Waals surface area contributed by atoms with Gasteiger partial charge in [0.15, 0.2) is 5.96 Å². The third-order valence-corrected chi connectivity index (χ3v) is 4.49. The van der Waals surface area contributed by atoms with Crippen LogP contribution in [0.15, 0.2) is 23.3 Å². The van der Waals surface area contributed by atoms with Crippen molar-refractivity contribution < 1.29 is 22.6 Å². The van der Waals surface area contributed by atoms with Crippen LogP contribution < -0.4 is 15.4 Å². The van der Waals surface area contributed by atoms with Crippen LogP contribution in [0.25, 0.3) is 0 Å². The van der Waals surface area contributed by atoms with E-state index in [-0.39, 0.29) is 18.7 Å². The summed E-state index contributed by atoms with van der Waals surface area (Å²) < 4.78 is 49.4. The number of nitrogens with one attached hydrogen (secondary N) is 2. The molecule has 0 amide bonds. The second-order valence-corrected chi connectivity index (χ2v) is 6.97. The van der Waals surface area contributed by atoms with Gasteiger partial charge in [-0.1, -0.05) is 0 Å². The van der Waals surface area contributed by atoms with Crippen LogP contribution in [0.2, 0.25) is 0 Å². The number of nitrogens with zero attached hydrogens (tertiary/aromatic N) is 3. The van der Waals surface area contributed by atoms with E-state index in [9.17, 15) is 13.2 Å². The van der Waals surface area contributed by atoms with Crippen molar-refractivity contribution in [2.75, 3.05) is 53.0 Å². The normalized spacial score (nSPS) is 16.7. The molecule has 0 saturated carbocycles. The molecular formula is C18H28F3N5O2. The van der Waals surface area contributed by atoms with Gasteiger partial charge in [0.05, 0.1) is 19.8 Å². The van der Waals surface area contributed by atoms with Crippen LogP contribution in [0.3, 0.4) is 0 Å². The number of guanidine groups is 1. The lowest BCUT2D eigenvalue weighted by molar-refractivity contribution is -0.139. The molecule has 2 heterocycles. The van der Waals surface area contributed by atoms with Gasteiger partial charge in [-0.15, -0.1) is 0 Å². The second kappa shape index (κ2) is 9.92. The summed E-state index contributed by atoms with van der Waals surface area (Å²) in [5, 5.41) is 6.28. The van der Waals surface area contributed by atoms with Gasteiger partial charge in [-0.3, -0.25) is 9.89 Å². The number of hydrogen-bond acceptors (Lipinski definition) is 5. The molecule has 2 N–H and O–H groups in total. The molecule has 1 aliphatic heterocycles. The van der Waals surface area contributed by atoms with Crippen molar-refractivity contribution in [3.63, 3.8) is 0 Å². The first kappa shape index (κ1) is 22.2. The molecule has 0 radical (unpaired) electrons. The number of morpholine rings is 1. The molecule has 0 atom stereocenters. The van der Waals surface area contributed by atoms with Crippen LogP contribution in [-0.2, 0) is 10.9 Å². The molecule has 158 valence electrons. The number of aromatic nitrogens is 1. The van der Waals surface area contributed by atoms with Gasteiger partial charge >= 0.3 is 6.18 Å². The van der Waals surface area contributed by atoms with E-state index in [4.69, 9.17) is 9.47 Å². The average Bonchev–Trinajstić information content (AvgIpc) is 2.67. The van der Waals surface area contributed by atoms with Gasteiger partial charge < -0.3 is 20.1 Å². The highest BCUT2D eigenvalue weighted by molar-refractivity contribution is 5.79. The zero-order valence-corrected chi connectivity index (χ0v) is 16.5. The van der Waals surface area contributed by atoms with Gasteiger partial charge in [0, 0.05) is 38.4 Å². The zero-order valence-electron chi connectivity index (χ0n) is 16.5. The molecule has 0 spiro atoms. The Kier molecular flexibility index (Phi) is 7.88. The highest BCUT2D eigenvalue weighted by atomic mass is 19.4. The van der Waals surface area contributed by atoms with E-state index >= 15 is 0 Å². The molecule has 1 aromatic heterocycles. The van der Waals surface area contributed by atoms with Crippen molar-refractivity contribution >= 4 is 5.96 Å². The largest absolute Gasteiger partial charge is 0.475 e. The van der Waals surface area contributed by atoms with Gasteiger partial charge in [0.2, 0.25) is 5.88 Å². The molecule has 0 aliphatic carbocycles. The minimum Gasteiger partial charge on any atom is -0.475 e. The van der Waals surface area contributed by atoms with Crippen LogP contribution in [-0.4, -0.2) is 74.4 Å². The molecule has 1 fully saturated rings. The number of hydrogen-bond donors (Lipinski definition) is 2. The lowest BCUT2D eigenvalue weighted by atomic mass is 10.0. The van der Waals surface area contributed by atoms with E-state index in [1.807, 2.05) is 0 Å². The fraction of sp³-hybridized carbons (Fsp3) is 0.667. The van der Waals surface area contributed by atoms with Crippen molar-refractivity contribution in [3.05, 3.63) is 23.9 Å². The van der Waals surface area contributed by atoms with E-state index in [0.717, 1.165) is 32.4 Å². The summed E-state index contributed by atoms with van der Waals surface area (Å²) in [5.41, 5.74) is -0.974. The van der Waals surface area contributed by atoms with E-state index < -0.39 is 17.6 Å². The number of alkyl halides is 3. The Morgan fingerprint density at radius 3 is 2.64 bits per heavy atom. The molecule has 0 unspecified atom stereocenters. The Hall–Kier alpha value is -2.07. The minimum absolute atomic E-state index is 0.0215. The first-order valence-electron chi connectivity index (χ1n) is 9.16. The molecule has 1 aromatic rings. The summed E-state index contributed by atoms with van der Waals surface area (Å²) in [6.07, 6.45) is -3.23. The van der Waals surface area contributed by atoms with Crippen molar-refractivity contribution in [3.8, 4) is 5.88 Å². The topological polar surface area (TPSA) is 71.0 Å². The molecule has 1 aliphatic rings. The molecule has 2 rings (SSSR count). The zero-order chi connectivity index (χ0) is 20.6. The minimum atomic E-state index is -4.50. The Morgan fingerprint density at radius 2 is 2.00 bits per heavy atom. The average molecular weight is 403 g/mol. The van der Waals surface area contributed by atoms with Crippen LogP contribution in [0.4, 0.5) is 13.2 Å². The Balaban J connectivity index is 1.77. The van der Waals surface area contributed by atoms with Crippen LogP contribution in [0.5, 0.6) is 5.88 Å². The lowest BCUT2D eigenvalue weighted by Gasteiger charge is -2.41. The predicted molar refractivity (Wildman–Crippen MR) is 101 cm³/mol. The maximum absolute atomic E-state index is 12.9. The number of rotatable bonds is 7. The standard InChI is InChI=1S/C18H28F3N5O2/c1-17(2,26-8-11-27-12-9-26)13-25-16(22-3)24-7-10-28-15-14(18(19,20)21)5-4-6-23-15/h4-6H,7-13H2,1-3H3,(H2,22,24,25). The Bertz CT molecular complexity index is 646. The lowest BCUT2D eigenvalue weighted by Crippen LogP contribution is -2.56. The Labute approximate surface area is 163 Å². The molecular weight excluding hydrogens is 375 g/mol. The van der Waals surface area contributed by atoms with Gasteiger partial charge in [-0.25, -0.2) is 4.98 Å². The first-order valence-corrected chi connectivity index (χ1v) is 9.16. The Morgan fingerprint density at radius 1 is 1.29 bits per heavy atom. The van der Waals surface area contributed by atoms with Crippen molar-refractivity contribution in [2.45, 2.75) is 25.6 Å². The monoisotopic (exact) mass is 403 g/mol. The predicted octanol–water partition coefficient (Wildman–Crippen LogP) is 1.75. The molecule has 0 aromatic carbocycles. The van der Waals surface area contributed by atoms with Crippen molar-refractivity contribution in [1.29, 1.82) is 0 Å². The summed E-state index contributed by atoms with van der Waals surface area (Å²) in [4.78, 5) is 10.2. The third kappa shape index (κ3) is 6.52. The van der Waals surface area contributed by atoms with E-state index in [2.05, 4.69) is 39.4 Å². The number of pyridine rings is 1. The first-order chi connectivity index (χ1) is 13.2. The third-order valence-electron chi connectivity index (χ3n) is 4.49. The summed E-state index contributed by atoms with van der Waals surface area (Å²) in [7, 11) is 1.64. The van der Waals surface area contributed by atoms with Gasteiger partial charge in [0.25, 0.3) is 0 Å². The molecule has 0 bridgehead atoms. The molecule has 7 nitrogen and oxygen atoms in total. The summed E-state index contributed by atoms with van der Waals surface area (Å²) in [6, 6.07) is 2.18. The smallest absolute Gasteiger partial charge is 0.421 e. The fourth-order valence-corrected chi connectivity index (χ4v) is 2.84. The molecule has 10 heteroatoms. The van der Waals surface area contributed by atoms with Crippen LogP contribution in [0.1, 0.15) is 19.4 Å². The summed E-state index contributed by atoms with van der Waals surface area (Å²) in [6.45, 7) is 8.44. The van der Waals surface area contributed by atoms with Crippen molar-refractivity contribution in [1.82, 2.24) is 20.5 Å². The van der Waals surface area contributed by atoms with Gasteiger partial charge in [-0.2, -0.15) is 13.2 Å². The van der Waals surface area contributed by atoms with E-state index in [1.165, 1.54) is 12.3 Å². The molecule has 28 heavy (non-hydrogen) atoms. The number of halogens is 3. The number of aliphatic imine (C=N–C) groups is 1. The van der Waals surface area contributed by atoms with Crippen LogP contribution >= 0.6 is 0 Å². The maximum atomic E-state index is 12.9. The SMILES string of the molecule is CN=C(NCCOc1ncccc1C(F)(F)F)NCC(C)(C)N1CCOCC1.